The van der Waals surface area contributed by atoms with Crippen LogP contribution < -0.4 is 21.7 Å². The van der Waals surface area contributed by atoms with E-state index in [4.69, 9.17) is 4.42 Å². The molecule has 8 nitrogen and oxygen atoms in total. The number of aromatic nitrogens is 1. The van der Waals surface area contributed by atoms with Crippen molar-refractivity contribution in [2.45, 2.75) is 88.5 Å². The fourth-order valence-corrected chi connectivity index (χ4v) is 5.76. The molecule has 2 aliphatic carbocycles. The van der Waals surface area contributed by atoms with Crippen LogP contribution in [0.2, 0.25) is 0 Å². The Morgan fingerprint density at radius 3 is 2.69 bits per heavy atom. The van der Waals surface area contributed by atoms with E-state index in [0.717, 1.165) is 56.9 Å². The predicted molar refractivity (Wildman–Crippen MR) is 120 cm³/mol. The molecule has 3 fully saturated rings. The van der Waals surface area contributed by atoms with Crippen LogP contribution in [0.1, 0.15) is 70.3 Å². The van der Waals surface area contributed by atoms with Gasteiger partial charge in [-0.1, -0.05) is 25.0 Å². The molecule has 0 spiro atoms. The van der Waals surface area contributed by atoms with Crippen LogP contribution in [-0.4, -0.2) is 34.6 Å². The van der Waals surface area contributed by atoms with Crippen molar-refractivity contribution in [1.29, 1.82) is 0 Å². The van der Waals surface area contributed by atoms with Gasteiger partial charge in [-0.05, 0) is 57.1 Å². The molecular weight excluding hydrogens is 408 g/mol. The third-order valence-corrected chi connectivity index (χ3v) is 7.44. The molecule has 2 amide bonds. The molecule has 1 saturated heterocycles. The summed E-state index contributed by atoms with van der Waals surface area (Å²) in [6, 6.07) is 8.00. The number of oxazole rings is 1. The summed E-state index contributed by atoms with van der Waals surface area (Å²) in [5.41, 5.74) is 1.46. The van der Waals surface area contributed by atoms with Gasteiger partial charge in [0, 0.05) is 24.5 Å². The molecule has 2 heterocycles. The van der Waals surface area contributed by atoms with Crippen LogP contribution in [0.3, 0.4) is 0 Å². The molecule has 1 aromatic heterocycles. The second-order valence-corrected chi connectivity index (χ2v) is 9.54. The van der Waals surface area contributed by atoms with Crippen LogP contribution in [0.4, 0.5) is 0 Å². The molecule has 0 bridgehead atoms. The Balaban J connectivity index is 1.09. The maximum atomic E-state index is 12.5. The lowest BCUT2D eigenvalue weighted by atomic mass is 9.82. The van der Waals surface area contributed by atoms with E-state index < -0.39 is 0 Å². The number of nitrogens with one attached hydrogen (secondary N) is 3. The van der Waals surface area contributed by atoms with Crippen LogP contribution in [0.5, 0.6) is 0 Å². The van der Waals surface area contributed by atoms with Gasteiger partial charge in [-0.2, -0.15) is 0 Å². The third-order valence-electron chi connectivity index (χ3n) is 7.44. The SMILES string of the molecule is O=C(CCC1NC(=O)C2CCCCC2N1)NC1CCC(n2c(=O)oc3ccccc32)CC1. The van der Waals surface area contributed by atoms with Gasteiger partial charge in [0.25, 0.3) is 0 Å². The molecule has 0 radical (unpaired) electrons. The van der Waals surface area contributed by atoms with E-state index in [1.165, 1.54) is 0 Å². The zero-order valence-corrected chi connectivity index (χ0v) is 18.3. The van der Waals surface area contributed by atoms with Crippen LogP contribution in [0.15, 0.2) is 33.5 Å². The molecule has 1 aromatic carbocycles. The lowest BCUT2D eigenvalue weighted by Crippen LogP contribution is -2.62. The molecule has 3 N–H and O–H groups in total. The highest BCUT2D eigenvalue weighted by Crippen LogP contribution is 2.31. The number of carbonyl (C=O) groups excluding carboxylic acids is 2. The first kappa shape index (κ1) is 21.2. The third kappa shape index (κ3) is 4.33. The maximum absolute atomic E-state index is 12.5. The van der Waals surface area contributed by atoms with E-state index in [-0.39, 0.29) is 47.8 Å². The molecule has 3 aliphatic rings. The van der Waals surface area contributed by atoms with Gasteiger partial charge in [-0.15, -0.1) is 0 Å². The number of para-hydroxylation sites is 2. The lowest BCUT2D eigenvalue weighted by Gasteiger charge is -2.40. The van der Waals surface area contributed by atoms with Crippen LogP contribution in [0.25, 0.3) is 11.1 Å². The van der Waals surface area contributed by atoms with Crippen LogP contribution >= 0.6 is 0 Å². The fourth-order valence-electron chi connectivity index (χ4n) is 5.76. The van der Waals surface area contributed by atoms with E-state index in [2.05, 4.69) is 16.0 Å². The summed E-state index contributed by atoms with van der Waals surface area (Å²) in [7, 11) is 0. The van der Waals surface area contributed by atoms with Crippen molar-refractivity contribution in [2.75, 3.05) is 0 Å². The number of fused-ring (bicyclic) bond motifs is 2. The summed E-state index contributed by atoms with van der Waals surface area (Å²) in [5.74, 6) is -0.0508. The Bertz CT molecular complexity index is 1040. The summed E-state index contributed by atoms with van der Waals surface area (Å²) in [5, 5.41) is 9.73. The average Bonchev–Trinajstić information content (AvgIpc) is 3.14. The highest BCUT2D eigenvalue weighted by Gasteiger charge is 2.37. The van der Waals surface area contributed by atoms with E-state index in [1.54, 1.807) is 4.57 Å². The van der Waals surface area contributed by atoms with Gasteiger partial charge >= 0.3 is 5.76 Å². The van der Waals surface area contributed by atoms with Gasteiger partial charge in [-0.25, -0.2) is 4.79 Å². The number of rotatable bonds is 5. The molecule has 8 heteroatoms. The van der Waals surface area contributed by atoms with Crippen molar-refractivity contribution in [3.63, 3.8) is 0 Å². The van der Waals surface area contributed by atoms with Gasteiger partial charge < -0.3 is 15.1 Å². The average molecular weight is 441 g/mol. The van der Waals surface area contributed by atoms with Crippen molar-refractivity contribution >= 4 is 22.9 Å². The normalized spacial score (nSPS) is 30.5. The van der Waals surface area contributed by atoms with Crippen LogP contribution in [-0.2, 0) is 9.59 Å². The Hall–Kier alpha value is -2.61. The molecule has 3 atom stereocenters. The first-order chi connectivity index (χ1) is 15.6. The number of carbonyl (C=O) groups is 2. The molecule has 2 aromatic rings. The fraction of sp³-hybridized carbons (Fsp3) is 0.625. The minimum absolute atomic E-state index is 0.0289. The predicted octanol–water partition coefficient (Wildman–Crippen LogP) is 2.58. The lowest BCUT2D eigenvalue weighted by molar-refractivity contribution is -0.131. The molecule has 3 unspecified atom stereocenters. The number of nitrogens with zero attached hydrogens (tertiary/aromatic N) is 1. The van der Waals surface area contributed by atoms with Gasteiger partial charge in [0.15, 0.2) is 5.58 Å². The maximum Gasteiger partial charge on any atom is 0.420 e. The number of amides is 2. The Kier molecular flexibility index (Phi) is 6.04. The summed E-state index contributed by atoms with van der Waals surface area (Å²) in [4.78, 5) is 37.2. The zero-order valence-electron chi connectivity index (χ0n) is 18.3. The van der Waals surface area contributed by atoms with Crippen molar-refractivity contribution < 1.29 is 14.0 Å². The standard InChI is InChI=1S/C24H32N4O4/c29-22(14-13-21-26-18-6-2-1-5-17(18)23(30)27-21)25-15-9-11-16(12-10-15)28-19-7-3-4-8-20(19)32-24(28)31/h3-4,7-8,15-18,21,26H,1-2,5-6,9-14H2,(H,25,29)(H,27,30). The summed E-state index contributed by atoms with van der Waals surface area (Å²) < 4.78 is 7.14. The molecule has 1 aliphatic heterocycles. The van der Waals surface area contributed by atoms with E-state index in [0.29, 0.717) is 18.4 Å². The molecule has 172 valence electrons. The van der Waals surface area contributed by atoms with Gasteiger partial charge in [0.2, 0.25) is 11.8 Å². The second-order valence-electron chi connectivity index (χ2n) is 9.54. The van der Waals surface area contributed by atoms with Crippen molar-refractivity contribution in [1.82, 2.24) is 20.5 Å². The van der Waals surface area contributed by atoms with E-state index >= 15 is 0 Å². The number of hydrogen-bond acceptors (Lipinski definition) is 5. The summed E-state index contributed by atoms with van der Waals surface area (Å²) >= 11 is 0. The monoisotopic (exact) mass is 440 g/mol. The first-order valence-corrected chi connectivity index (χ1v) is 12.0. The van der Waals surface area contributed by atoms with Gasteiger partial charge in [-0.3, -0.25) is 19.5 Å². The van der Waals surface area contributed by atoms with Crippen molar-refractivity contribution in [3.05, 3.63) is 34.8 Å². The number of benzene rings is 1. The topological polar surface area (TPSA) is 105 Å². The molecule has 5 rings (SSSR count). The Morgan fingerprint density at radius 2 is 1.84 bits per heavy atom. The van der Waals surface area contributed by atoms with Gasteiger partial charge in [0.05, 0.1) is 17.6 Å². The Labute approximate surface area is 187 Å². The van der Waals surface area contributed by atoms with Gasteiger partial charge in [0.1, 0.15) is 0 Å². The quantitative estimate of drug-likeness (QED) is 0.663. The summed E-state index contributed by atoms with van der Waals surface area (Å²) in [6.45, 7) is 0. The molecular formula is C24H32N4O4. The van der Waals surface area contributed by atoms with Crippen molar-refractivity contribution in [3.8, 4) is 0 Å². The molecule has 32 heavy (non-hydrogen) atoms. The van der Waals surface area contributed by atoms with Crippen LogP contribution in [0, 0.1) is 5.92 Å². The largest absolute Gasteiger partial charge is 0.420 e. The zero-order chi connectivity index (χ0) is 22.1. The highest BCUT2D eigenvalue weighted by atomic mass is 16.4. The minimum atomic E-state index is -0.305. The smallest absolute Gasteiger partial charge is 0.408 e. The minimum Gasteiger partial charge on any atom is -0.408 e. The first-order valence-electron chi connectivity index (χ1n) is 12.0. The highest BCUT2D eigenvalue weighted by molar-refractivity contribution is 5.81. The Morgan fingerprint density at radius 1 is 1.06 bits per heavy atom. The number of hydrogen-bond donors (Lipinski definition) is 3. The van der Waals surface area contributed by atoms with Crippen molar-refractivity contribution in [2.24, 2.45) is 5.92 Å². The molecule has 2 saturated carbocycles. The van der Waals surface area contributed by atoms with E-state index in [1.807, 2.05) is 24.3 Å². The second kappa shape index (κ2) is 9.10. The summed E-state index contributed by atoms with van der Waals surface area (Å²) in [6.07, 6.45) is 8.50. The van der Waals surface area contributed by atoms with E-state index in [9.17, 15) is 14.4 Å².